The second-order valence-electron chi connectivity index (χ2n) is 4.90. The van der Waals surface area contributed by atoms with Gasteiger partial charge in [-0.3, -0.25) is 4.79 Å². The summed E-state index contributed by atoms with van der Waals surface area (Å²) in [6, 6.07) is 5.27. The number of rotatable bonds is 6. The molecular formula is C14H20N4O. The van der Waals surface area contributed by atoms with E-state index in [4.69, 9.17) is 5.26 Å². The van der Waals surface area contributed by atoms with E-state index in [1.54, 1.807) is 12.3 Å². The van der Waals surface area contributed by atoms with Crippen molar-refractivity contribution in [1.82, 2.24) is 15.6 Å². The number of nitrogens with zero attached hydrogens (tertiary/aromatic N) is 2. The average Bonchev–Trinajstić information content (AvgIpc) is 2.42. The molecule has 5 nitrogen and oxygen atoms in total. The van der Waals surface area contributed by atoms with E-state index in [2.05, 4.69) is 29.5 Å². The molecule has 0 aliphatic heterocycles. The predicted molar refractivity (Wildman–Crippen MR) is 73.1 cm³/mol. The monoisotopic (exact) mass is 260 g/mol. The average molecular weight is 260 g/mol. The maximum absolute atomic E-state index is 11.8. The van der Waals surface area contributed by atoms with Crippen molar-refractivity contribution >= 4 is 5.91 Å². The minimum Gasteiger partial charge on any atom is -0.354 e. The molecule has 1 aromatic heterocycles. The van der Waals surface area contributed by atoms with Crippen molar-refractivity contribution in [2.24, 2.45) is 5.92 Å². The first-order valence-electron chi connectivity index (χ1n) is 6.39. The highest BCUT2D eigenvalue weighted by Crippen LogP contribution is 2.01. The van der Waals surface area contributed by atoms with E-state index < -0.39 is 0 Å². The summed E-state index contributed by atoms with van der Waals surface area (Å²) in [5.41, 5.74) is 1.33. The molecule has 5 heteroatoms. The van der Waals surface area contributed by atoms with E-state index in [0.717, 1.165) is 5.56 Å². The van der Waals surface area contributed by atoms with Gasteiger partial charge in [-0.05, 0) is 30.5 Å². The highest BCUT2D eigenvalue weighted by molar-refractivity contribution is 5.81. The first-order chi connectivity index (χ1) is 9.02. The first kappa shape index (κ1) is 15.1. The Balaban J connectivity index is 2.43. The quantitative estimate of drug-likeness (QED) is 0.805. The van der Waals surface area contributed by atoms with Crippen molar-refractivity contribution in [3.8, 4) is 6.07 Å². The summed E-state index contributed by atoms with van der Waals surface area (Å²) < 4.78 is 0. The lowest BCUT2D eigenvalue weighted by atomic mass is 10.2. The topological polar surface area (TPSA) is 77.8 Å². The van der Waals surface area contributed by atoms with E-state index in [1.165, 1.54) is 0 Å². The van der Waals surface area contributed by atoms with Gasteiger partial charge in [-0.1, -0.05) is 13.8 Å². The zero-order valence-electron chi connectivity index (χ0n) is 11.6. The van der Waals surface area contributed by atoms with E-state index in [-0.39, 0.29) is 11.9 Å². The van der Waals surface area contributed by atoms with Crippen LogP contribution in [0.3, 0.4) is 0 Å². The normalized spacial score (nSPS) is 11.9. The smallest absolute Gasteiger partial charge is 0.236 e. The molecule has 2 N–H and O–H groups in total. The number of pyridine rings is 1. The summed E-state index contributed by atoms with van der Waals surface area (Å²) in [5, 5.41) is 14.8. The number of hydrogen-bond acceptors (Lipinski definition) is 4. The van der Waals surface area contributed by atoms with E-state index >= 15 is 0 Å². The second kappa shape index (κ2) is 7.49. The lowest BCUT2D eigenvalue weighted by Gasteiger charge is -2.15. The van der Waals surface area contributed by atoms with Gasteiger partial charge in [-0.25, -0.2) is 4.98 Å². The van der Waals surface area contributed by atoms with Crippen molar-refractivity contribution in [1.29, 1.82) is 5.26 Å². The van der Waals surface area contributed by atoms with E-state index in [9.17, 15) is 4.79 Å². The SMILES string of the molecule is CC(C)CNC(=O)C(C)NCc1ccnc(C#N)c1. The summed E-state index contributed by atoms with van der Waals surface area (Å²) in [6.07, 6.45) is 1.60. The fourth-order valence-corrected chi connectivity index (χ4v) is 1.47. The molecule has 1 rings (SSSR count). The van der Waals surface area contributed by atoms with Crippen LogP contribution in [-0.4, -0.2) is 23.5 Å². The summed E-state index contributed by atoms with van der Waals surface area (Å²) in [5.74, 6) is 0.429. The number of hydrogen-bond donors (Lipinski definition) is 2. The van der Waals surface area contributed by atoms with Crippen LogP contribution in [0.25, 0.3) is 0 Å². The Morgan fingerprint density at radius 3 is 2.84 bits per heavy atom. The molecule has 0 saturated carbocycles. The summed E-state index contributed by atoms with van der Waals surface area (Å²) in [7, 11) is 0. The van der Waals surface area contributed by atoms with Crippen LogP contribution in [0.2, 0.25) is 0 Å². The van der Waals surface area contributed by atoms with Crippen LogP contribution in [0, 0.1) is 17.2 Å². The van der Waals surface area contributed by atoms with Crippen molar-refractivity contribution in [2.75, 3.05) is 6.54 Å². The van der Waals surface area contributed by atoms with Gasteiger partial charge < -0.3 is 10.6 Å². The number of nitriles is 1. The van der Waals surface area contributed by atoms with Gasteiger partial charge >= 0.3 is 0 Å². The van der Waals surface area contributed by atoms with Gasteiger partial charge in [0.2, 0.25) is 5.91 Å². The van der Waals surface area contributed by atoms with Gasteiger partial charge in [0, 0.05) is 19.3 Å². The zero-order valence-corrected chi connectivity index (χ0v) is 11.6. The van der Waals surface area contributed by atoms with Crippen molar-refractivity contribution < 1.29 is 4.79 Å². The first-order valence-corrected chi connectivity index (χ1v) is 6.39. The molecule has 19 heavy (non-hydrogen) atoms. The molecule has 0 saturated heterocycles. The number of nitrogens with one attached hydrogen (secondary N) is 2. The van der Waals surface area contributed by atoms with Crippen LogP contribution in [0.5, 0.6) is 0 Å². The van der Waals surface area contributed by atoms with Gasteiger partial charge in [-0.15, -0.1) is 0 Å². The van der Waals surface area contributed by atoms with E-state index in [1.807, 2.05) is 19.1 Å². The Bertz CT molecular complexity index is 465. The standard InChI is InChI=1S/C14H20N4O/c1-10(2)8-18-14(19)11(3)17-9-12-4-5-16-13(6-12)7-15/h4-6,10-11,17H,8-9H2,1-3H3,(H,18,19). The molecule has 0 radical (unpaired) electrons. The Morgan fingerprint density at radius 2 is 2.21 bits per heavy atom. The summed E-state index contributed by atoms with van der Waals surface area (Å²) >= 11 is 0. The van der Waals surface area contributed by atoms with Crippen molar-refractivity contribution in [3.05, 3.63) is 29.6 Å². The summed E-state index contributed by atoms with van der Waals surface area (Å²) in [6.45, 7) is 7.14. The fraction of sp³-hybridized carbons (Fsp3) is 0.500. The number of carbonyl (C=O) groups is 1. The van der Waals surface area contributed by atoms with Crippen molar-refractivity contribution in [3.63, 3.8) is 0 Å². The Hall–Kier alpha value is -1.93. The third-order valence-electron chi connectivity index (χ3n) is 2.63. The van der Waals surface area contributed by atoms with Gasteiger partial charge in [0.25, 0.3) is 0 Å². The number of amides is 1. The minimum absolute atomic E-state index is 0.0109. The third-order valence-corrected chi connectivity index (χ3v) is 2.63. The lowest BCUT2D eigenvalue weighted by molar-refractivity contribution is -0.122. The highest BCUT2D eigenvalue weighted by atomic mass is 16.2. The van der Waals surface area contributed by atoms with Crippen LogP contribution in [0.1, 0.15) is 32.0 Å². The maximum atomic E-state index is 11.8. The van der Waals surface area contributed by atoms with Crippen LogP contribution >= 0.6 is 0 Å². The Labute approximate surface area is 114 Å². The molecule has 1 amide bonds. The van der Waals surface area contributed by atoms with Gasteiger partial charge in [0.1, 0.15) is 11.8 Å². The molecule has 1 aromatic rings. The Morgan fingerprint density at radius 1 is 1.47 bits per heavy atom. The molecule has 102 valence electrons. The number of aromatic nitrogens is 1. The van der Waals surface area contributed by atoms with Gasteiger partial charge in [0.05, 0.1) is 6.04 Å². The molecule has 1 unspecified atom stereocenters. The zero-order chi connectivity index (χ0) is 14.3. The molecule has 1 atom stereocenters. The van der Waals surface area contributed by atoms with Crippen LogP contribution < -0.4 is 10.6 Å². The highest BCUT2D eigenvalue weighted by Gasteiger charge is 2.11. The molecule has 0 fully saturated rings. The molecular weight excluding hydrogens is 240 g/mol. The lowest BCUT2D eigenvalue weighted by Crippen LogP contribution is -2.42. The molecule has 0 aliphatic carbocycles. The summed E-state index contributed by atoms with van der Waals surface area (Å²) in [4.78, 5) is 15.7. The van der Waals surface area contributed by atoms with Crippen LogP contribution in [0.15, 0.2) is 18.3 Å². The molecule has 0 bridgehead atoms. The van der Waals surface area contributed by atoms with Crippen LogP contribution in [-0.2, 0) is 11.3 Å². The second-order valence-corrected chi connectivity index (χ2v) is 4.90. The maximum Gasteiger partial charge on any atom is 0.236 e. The van der Waals surface area contributed by atoms with Gasteiger partial charge in [0.15, 0.2) is 0 Å². The minimum atomic E-state index is -0.266. The Kier molecular flexibility index (Phi) is 5.97. The fourth-order valence-electron chi connectivity index (χ4n) is 1.47. The predicted octanol–water partition coefficient (Wildman–Crippen LogP) is 1.20. The molecule has 0 spiro atoms. The largest absolute Gasteiger partial charge is 0.354 e. The van der Waals surface area contributed by atoms with Crippen molar-refractivity contribution in [2.45, 2.75) is 33.4 Å². The molecule has 1 heterocycles. The molecule has 0 aliphatic rings. The number of carbonyl (C=O) groups excluding carboxylic acids is 1. The van der Waals surface area contributed by atoms with Crippen LogP contribution in [0.4, 0.5) is 0 Å². The molecule has 0 aromatic carbocycles. The van der Waals surface area contributed by atoms with Gasteiger partial charge in [-0.2, -0.15) is 5.26 Å². The third kappa shape index (κ3) is 5.49. The van der Waals surface area contributed by atoms with E-state index in [0.29, 0.717) is 24.7 Å².